The molecule has 0 radical (unpaired) electrons. The zero-order valence-corrected chi connectivity index (χ0v) is 14.1. The van der Waals surface area contributed by atoms with E-state index in [0.29, 0.717) is 5.02 Å². The van der Waals surface area contributed by atoms with Crippen LogP contribution in [-0.4, -0.2) is 18.9 Å². The summed E-state index contributed by atoms with van der Waals surface area (Å²) in [5, 5.41) is 3.35. The van der Waals surface area contributed by atoms with E-state index >= 15 is 0 Å². The Morgan fingerprint density at radius 2 is 1.95 bits per heavy atom. The highest BCUT2D eigenvalue weighted by atomic mass is 35.5. The molecule has 0 atom stereocenters. The normalized spacial score (nSPS) is 11.0. The number of hydrogen-bond donors (Lipinski definition) is 2. The van der Waals surface area contributed by atoms with Crippen molar-refractivity contribution in [3.05, 3.63) is 61.6 Å². The fraction of sp³-hybridized carbons (Fsp3) is 0. The van der Waals surface area contributed by atoms with Crippen LogP contribution in [0.25, 0.3) is 6.08 Å². The van der Waals surface area contributed by atoms with Crippen LogP contribution in [0.15, 0.2) is 41.1 Å². The first-order chi connectivity index (χ1) is 10.2. The minimum Gasteiger partial charge on any atom is -0.366 e. The lowest BCUT2D eigenvalue weighted by atomic mass is 10.2. The molecule has 0 saturated heterocycles. The summed E-state index contributed by atoms with van der Waals surface area (Å²) >= 11 is 12.6. The maximum atomic E-state index is 10.6. The molecule has 0 bridgehead atoms. The number of hydrogen-bond acceptors (Lipinski definition) is 4. The second-order valence-corrected chi connectivity index (χ2v) is 6.95. The molecule has 1 aromatic heterocycles. The van der Waals surface area contributed by atoms with Crippen molar-refractivity contribution in [2.45, 2.75) is 0 Å². The Kier molecular flexibility index (Phi) is 7.05. The average Bonchev–Trinajstić information content (AvgIpc) is 2.89. The number of amides is 1. The third-order valence-corrected chi connectivity index (χ3v) is 4.01. The molecule has 0 unspecified atom stereocenters. The topological polar surface area (TPSA) is 97.5 Å². The van der Waals surface area contributed by atoms with Gasteiger partial charge in [0.1, 0.15) is 0 Å². The van der Waals surface area contributed by atoms with Crippen molar-refractivity contribution < 1.29 is 17.8 Å². The molecule has 118 valence electrons. The van der Waals surface area contributed by atoms with Gasteiger partial charge in [-0.25, -0.2) is 0 Å². The maximum absolute atomic E-state index is 10.6. The molecule has 1 heterocycles. The summed E-state index contributed by atoms with van der Waals surface area (Å²) in [6.07, 6.45) is 1.35. The SMILES string of the molecule is NC(=O)c1ccc(Cl)cc1Cl.O=S(=O)(O)/C=C/c1cccs1. The largest absolute Gasteiger partial charge is 0.366 e. The summed E-state index contributed by atoms with van der Waals surface area (Å²) in [6, 6.07) is 8.09. The first-order valence-corrected chi connectivity index (χ1v) is 8.77. The van der Waals surface area contributed by atoms with E-state index < -0.39 is 16.0 Å². The van der Waals surface area contributed by atoms with Crippen LogP contribution in [0.2, 0.25) is 10.0 Å². The Morgan fingerprint density at radius 1 is 1.27 bits per heavy atom. The zero-order valence-electron chi connectivity index (χ0n) is 10.9. The Balaban J connectivity index is 0.000000220. The van der Waals surface area contributed by atoms with E-state index in [1.807, 2.05) is 5.38 Å². The van der Waals surface area contributed by atoms with E-state index in [4.69, 9.17) is 33.5 Å². The van der Waals surface area contributed by atoms with Gasteiger partial charge in [-0.15, -0.1) is 11.3 Å². The van der Waals surface area contributed by atoms with Gasteiger partial charge in [0.05, 0.1) is 16.0 Å². The molecule has 5 nitrogen and oxygen atoms in total. The molecular formula is C13H11Cl2NO4S2. The van der Waals surface area contributed by atoms with Crippen LogP contribution in [0, 0.1) is 0 Å². The molecule has 0 saturated carbocycles. The van der Waals surface area contributed by atoms with Crippen LogP contribution in [0.1, 0.15) is 15.2 Å². The van der Waals surface area contributed by atoms with Crippen molar-refractivity contribution in [3.8, 4) is 0 Å². The van der Waals surface area contributed by atoms with Gasteiger partial charge in [0.2, 0.25) is 5.91 Å². The molecule has 0 aliphatic heterocycles. The van der Waals surface area contributed by atoms with Crippen molar-refractivity contribution in [2.24, 2.45) is 5.73 Å². The smallest absolute Gasteiger partial charge is 0.287 e. The summed E-state index contributed by atoms with van der Waals surface area (Å²) in [6.45, 7) is 0. The van der Waals surface area contributed by atoms with Gasteiger partial charge in [-0.3, -0.25) is 9.35 Å². The molecule has 0 aliphatic carbocycles. The number of nitrogens with two attached hydrogens (primary N) is 1. The van der Waals surface area contributed by atoms with E-state index in [0.717, 1.165) is 10.3 Å². The van der Waals surface area contributed by atoms with Gasteiger partial charge >= 0.3 is 0 Å². The van der Waals surface area contributed by atoms with Crippen LogP contribution in [0.3, 0.4) is 0 Å². The number of benzene rings is 1. The van der Waals surface area contributed by atoms with Crippen LogP contribution >= 0.6 is 34.5 Å². The molecule has 0 spiro atoms. The van der Waals surface area contributed by atoms with Crippen molar-refractivity contribution in [3.63, 3.8) is 0 Å². The zero-order chi connectivity index (χ0) is 16.8. The summed E-state index contributed by atoms with van der Waals surface area (Å²) in [7, 11) is -3.97. The Hall–Kier alpha value is -1.38. The van der Waals surface area contributed by atoms with Crippen LogP contribution in [0.4, 0.5) is 0 Å². The lowest BCUT2D eigenvalue weighted by Gasteiger charge is -1.97. The van der Waals surface area contributed by atoms with Gasteiger partial charge in [0, 0.05) is 9.90 Å². The quantitative estimate of drug-likeness (QED) is 0.794. The summed E-state index contributed by atoms with van der Waals surface area (Å²) in [5.74, 6) is -0.549. The third-order valence-electron chi connectivity index (χ3n) is 2.14. The van der Waals surface area contributed by atoms with Crippen molar-refractivity contribution >= 4 is 56.6 Å². The minimum absolute atomic E-state index is 0.282. The maximum Gasteiger partial charge on any atom is 0.287 e. The highest BCUT2D eigenvalue weighted by molar-refractivity contribution is 7.88. The Morgan fingerprint density at radius 3 is 2.41 bits per heavy atom. The van der Waals surface area contributed by atoms with Crippen molar-refractivity contribution in [2.75, 3.05) is 0 Å². The monoisotopic (exact) mass is 379 g/mol. The number of carbonyl (C=O) groups excluding carboxylic acids is 1. The van der Waals surface area contributed by atoms with Gasteiger partial charge in [-0.2, -0.15) is 8.42 Å². The number of rotatable bonds is 3. The first kappa shape index (κ1) is 18.7. The highest BCUT2D eigenvalue weighted by Gasteiger charge is 2.05. The summed E-state index contributed by atoms with van der Waals surface area (Å²) < 4.78 is 28.7. The molecule has 2 rings (SSSR count). The van der Waals surface area contributed by atoms with Gasteiger partial charge in [-0.05, 0) is 35.7 Å². The van der Waals surface area contributed by atoms with Crippen molar-refractivity contribution in [1.82, 2.24) is 0 Å². The number of thiophene rings is 1. The lowest BCUT2D eigenvalue weighted by molar-refractivity contribution is 0.100. The number of carbonyl (C=O) groups is 1. The molecule has 0 fully saturated rings. The van der Waals surface area contributed by atoms with Gasteiger partial charge < -0.3 is 5.73 Å². The minimum atomic E-state index is -3.97. The number of halogens is 2. The molecule has 2 aromatic rings. The first-order valence-electron chi connectivity index (χ1n) is 5.63. The Bertz CT molecular complexity index is 771. The fourth-order valence-corrected chi connectivity index (χ4v) is 2.75. The predicted octanol–water partition coefficient (Wildman–Crippen LogP) is 3.70. The predicted molar refractivity (Wildman–Crippen MR) is 89.9 cm³/mol. The standard InChI is InChI=1S/C7H5Cl2NO.C6H6O3S2/c8-4-1-2-5(7(10)11)6(9)3-4;7-11(8,9)5-3-6-2-1-4-10-6/h1-3H,(H2,10,11);1-5H,(H,7,8,9)/b;5-3+. The van der Waals surface area contributed by atoms with E-state index in [2.05, 4.69) is 0 Å². The van der Waals surface area contributed by atoms with Crippen LogP contribution in [-0.2, 0) is 10.1 Å². The second kappa shape index (κ2) is 8.30. The molecular weight excluding hydrogens is 369 g/mol. The highest BCUT2D eigenvalue weighted by Crippen LogP contribution is 2.20. The van der Waals surface area contributed by atoms with Crippen LogP contribution in [0.5, 0.6) is 0 Å². The molecule has 22 heavy (non-hydrogen) atoms. The Labute approximate surface area is 141 Å². The second-order valence-electron chi connectivity index (χ2n) is 3.82. The van der Waals surface area contributed by atoms with Gasteiger partial charge in [0.15, 0.2) is 0 Å². The van der Waals surface area contributed by atoms with Gasteiger partial charge in [-0.1, -0.05) is 29.3 Å². The summed E-state index contributed by atoms with van der Waals surface area (Å²) in [5.41, 5.74) is 5.29. The molecule has 0 aliphatic rings. The van der Waals surface area contributed by atoms with Gasteiger partial charge in [0.25, 0.3) is 10.1 Å². The van der Waals surface area contributed by atoms with E-state index in [-0.39, 0.29) is 10.6 Å². The van der Waals surface area contributed by atoms with E-state index in [1.54, 1.807) is 18.2 Å². The van der Waals surface area contributed by atoms with E-state index in [9.17, 15) is 13.2 Å². The summed E-state index contributed by atoms with van der Waals surface area (Å²) in [4.78, 5) is 11.4. The molecule has 9 heteroatoms. The number of primary amides is 1. The molecule has 1 aromatic carbocycles. The van der Waals surface area contributed by atoms with E-state index in [1.165, 1.54) is 29.5 Å². The fourth-order valence-electron chi connectivity index (χ4n) is 1.23. The van der Waals surface area contributed by atoms with Crippen molar-refractivity contribution in [1.29, 1.82) is 0 Å². The third kappa shape index (κ3) is 7.06. The molecule has 1 amide bonds. The molecule has 3 N–H and O–H groups in total. The average molecular weight is 380 g/mol. The van der Waals surface area contributed by atoms with Crippen LogP contribution < -0.4 is 5.73 Å². The lowest BCUT2D eigenvalue weighted by Crippen LogP contribution is -2.11.